The fourth-order valence-corrected chi connectivity index (χ4v) is 2.34. The molecular formula is C21H19NO8. The largest absolute Gasteiger partial charge is 0.504 e. The number of rotatable bonds is 7. The zero-order chi connectivity index (χ0) is 22.3. The van der Waals surface area contributed by atoms with Crippen molar-refractivity contribution in [2.45, 2.75) is 6.42 Å². The quantitative estimate of drug-likeness (QED) is 0.341. The van der Waals surface area contributed by atoms with Gasteiger partial charge in [0.05, 0.1) is 6.42 Å². The van der Waals surface area contributed by atoms with E-state index in [-0.39, 0.29) is 29.5 Å². The van der Waals surface area contributed by atoms with Crippen molar-refractivity contribution in [3.8, 4) is 23.0 Å². The molecule has 0 heterocycles. The van der Waals surface area contributed by atoms with Crippen LogP contribution in [0.4, 0.5) is 0 Å². The second-order valence-corrected chi connectivity index (χ2v) is 6.13. The molecule has 0 saturated heterocycles. The van der Waals surface area contributed by atoms with E-state index in [1.165, 1.54) is 48.6 Å². The summed E-state index contributed by atoms with van der Waals surface area (Å²) in [6.45, 7) is -0.372. The van der Waals surface area contributed by atoms with E-state index in [1.807, 2.05) is 0 Å². The molecule has 0 spiro atoms. The van der Waals surface area contributed by atoms with Crippen LogP contribution in [0.25, 0.3) is 12.2 Å². The normalized spacial score (nSPS) is 11.1. The maximum absolute atomic E-state index is 12.4. The molecule has 30 heavy (non-hydrogen) atoms. The van der Waals surface area contributed by atoms with Crippen LogP contribution in [0.1, 0.15) is 17.5 Å². The Bertz CT molecular complexity index is 952. The van der Waals surface area contributed by atoms with Crippen LogP contribution in [0.2, 0.25) is 0 Å². The number of benzene rings is 2. The van der Waals surface area contributed by atoms with Gasteiger partial charge in [0.1, 0.15) is 0 Å². The van der Waals surface area contributed by atoms with Crippen LogP contribution in [0, 0.1) is 0 Å². The fraction of sp³-hybridized carbons (Fsp3) is 0.0952. The lowest BCUT2D eigenvalue weighted by Gasteiger charge is -2.16. The topological polar surface area (TPSA) is 156 Å². The molecule has 0 radical (unpaired) electrons. The molecule has 9 nitrogen and oxygen atoms in total. The third-order valence-corrected chi connectivity index (χ3v) is 3.92. The molecule has 0 aliphatic carbocycles. The van der Waals surface area contributed by atoms with Gasteiger partial charge in [0, 0.05) is 18.7 Å². The van der Waals surface area contributed by atoms with Gasteiger partial charge in [-0.15, -0.1) is 0 Å². The van der Waals surface area contributed by atoms with E-state index in [2.05, 4.69) is 0 Å². The summed E-state index contributed by atoms with van der Waals surface area (Å²) in [4.78, 5) is 36.5. The Hall–Kier alpha value is -4.27. The molecule has 0 fully saturated rings. The number of nitrogens with zero attached hydrogens (tertiary/aromatic N) is 1. The molecule has 2 aromatic rings. The average molecular weight is 413 g/mol. The number of carbonyl (C=O) groups excluding carboxylic acids is 2. The highest BCUT2D eigenvalue weighted by Crippen LogP contribution is 2.26. The molecule has 2 aromatic carbocycles. The number of amides is 2. The Balaban J connectivity index is 2.18. The van der Waals surface area contributed by atoms with Crippen molar-refractivity contribution in [2.24, 2.45) is 0 Å². The number of carboxylic acid groups (broad SMARTS) is 1. The number of hydrogen-bond donors (Lipinski definition) is 5. The lowest BCUT2D eigenvalue weighted by atomic mass is 10.1. The summed E-state index contributed by atoms with van der Waals surface area (Å²) in [6.07, 6.45) is 4.20. The molecule has 2 amide bonds. The number of phenols is 4. The number of imide groups is 1. The number of hydrogen-bond acceptors (Lipinski definition) is 7. The predicted octanol–water partition coefficient (Wildman–Crippen LogP) is 2.07. The van der Waals surface area contributed by atoms with Crippen molar-refractivity contribution in [3.63, 3.8) is 0 Å². The predicted molar refractivity (Wildman–Crippen MR) is 107 cm³/mol. The van der Waals surface area contributed by atoms with Gasteiger partial charge >= 0.3 is 5.97 Å². The van der Waals surface area contributed by atoms with E-state index >= 15 is 0 Å². The highest BCUT2D eigenvalue weighted by atomic mass is 16.4. The zero-order valence-corrected chi connectivity index (χ0v) is 15.6. The van der Waals surface area contributed by atoms with E-state index < -0.39 is 24.2 Å². The van der Waals surface area contributed by atoms with E-state index in [9.17, 15) is 34.8 Å². The van der Waals surface area contributed by atoms with Gasteiger partial charge in [-0.25, -0.2) is 0 Å². The Kier molecular flexibility index (Phi) is 7.18. The second kappa shape index (κ2) is 9.78. The van der Waals surface area contributed by atoms with Gasteiger partial charge in [0.2, 0.25) is 0 Å². The first-order valence-corrected chi connectivity index (χ1v) is 8.64. The van der Waals surface area contributed by atoms with Gasteiger partial charge in [0.15, 0.2) is 23.0 Å². The van der Waals surface area contributed by atoms with E-state index in [1.54, 1.807) is 0 Å². The first kappa shape index (κ1) is 22.0. The summed E-state index contributed by atoms with van der Waals surface area (Å²) in [7, 11) is 0. The molecule has 0 aliphatic heterocycles. The number of carboxylic acids is 1. The van der Waals surface area contributed by atoms with E-state index in [4.69, 9.17) is 5.11 Å². The summed E-state index contributed by atoms with van der Waals surface area (Å²) in [5.74, 6) is -4.20. The molecule has 0 bridgehead atoms. The maximum atomic E-state index is 12.4. The van der Waals surface area contributed by atoms with Crippen LogP contribution < -0.4 is 0 Å². The monoisotopic (exact) mass is 413 g/mol. The van der Waals surface area contributed by atoms with Gasteiger partial charge in [-0.05, 0) is 47.5 Å². The van der Waals surface area contributed by atoms with Crippen LogP contribution in [0.5, 0.6) is 23.0 Å². The number of phenolic OH excluding ortho intramolecular Hbond substituents is 4. The summed E-state index contributed by atoms with van der Waals surface area (Å²) >= 11 is 0. The Labute approximate surface area is 171 Å². The van der Waals surface area contributed by atoms with Crippen molar-refractivity contribution in [1.29, 1.82) is 0 Å². The lowest BCUT2D eigenvalue weighted by Crippen LogP contribution is -2.36. The number of carbonyl (C=O) groups is 3. The lowest BCUT2D eigenvalue weighted by molar-refractivity contribution is -0.141. The van der Waals surface area contributed by atoms with Crippen molar-refractivity contribution in [3.05, 3.63) is 59.7 Å². The van der Waals surface area contributed by atoms with Crippen LogP contribution in [0.3, 0.4) is 0 Å². The highest BCUT2D eigenvalue weighted by molar-refractivity contribution is 6.07. The van der Waals surface area contributed by atoms with Crippen molar-refractivity contribution < 1.29 is 39.9 Å². The fourth-order valence-electron chi connectivity index (χ4n) is 2.34. The SMILES string of the molecule is O=C(O)CCN(C(=O)C=Cc1ccc(O)c(O)c1)C(=O)C=Cc1ccc(O)c(O)c1. The Morgan fingerprint density at radius 3 is 1.53 bits per heavy atom. The van der Waals surface area contributed by atoms with E-state index in [0.717, 1.165) is 17.1 Å². The molecule has 0 unspecified atom stereocenters. The van der Waals surface area contributed by atoms with Crippen LogP contribution >= 0.6 is 0 Å². The van der Waals surface area contributed by atoms with Crippen LogP contribution in [-0.4, -0.2) is 54.8 Å². The average Bonchev–Trinajstić information content (AvgIpc) is 2.69. The Morgan fingerprint density at radius 1 is 0.733 bits per heavy atom. The number of aromatic hydroxyl groups is 4. The molecule has 2 rings (SSSR count). The third kappa shape index (κ3) is 6.13. The smallest absolute Gasteiger partial charge is 0.305 e. The summed E-state index contributed by atoms with van der Waals surface area (Å²) in [5.41, 5.74) is 0.749. The van der Waals surface area contributed by atoms with Gasteiger partial charge in [-0.1, -0.05) is 12.1 Å². The molecule has 0 saturated carbocycles. The minimum Gasteiger partial charge on any atom is -0.504 e. The minimum atomic E-state index is -1.19. The van der Waals surface area contributed by atoms with Gasteiger partial charge in [-0.2, -0.15) is 0 Å². The first-order valence-electron chi connectivity index (χ1n) is 8.64. The molecule has 156 valence electrons. The first-order chi connectivity index (χ1) is 14.2. The maximum Gasteiger partial charge on any atom is 0.305 e. The summed E-state index contributed by atoms with van der Waals surface area (Å²) < 4.78 is 0. The van der Waals surface area contributed by atoms with Crippen molar-refractivity contribution >= 4 is 29.9 Å². The Morgan fingerprint density at radius 2 is 1.17 bits per heavy atom. The van der Waals surface area contributed by atoms with E-state index in [0.29, 0.717) is 11.1 Å². The second-order valence-electron chi connectivity index (χ2n) is 6.13. The van der Waals surface area contributed by atoms with Crippen molar-refractivity contribution in [2.75, 3.05) is 6.54 Å². The molecule has 0 aromatic heterocycles. The van der Waals surface area contributed by atoms with Crippen LogP contribution in [-0.2, 0) is 14.4 Å². The molecule has 9 heteroatoms. The number of aliphatic carboxylic acids is 1. The molecule has 0 atom stereocenters. The van der Waals surface area contributed by atoms with Crippen molar-refractivity contribution in [1.82, 2.24) is 4.90 Å². The van der Waals surface area contributed by atoms with Gasteiger partial charge in [-0.3, -0.25) is 19.3 Å². The third-order valence-electron chi connectivity index (χ3n) is 3.92. The summed E-state index contributed by atoms with van der Waals surface area (Å²) in [5, 5.41) is 46.4. The highest BCUT2D eigenvalue weighted by Gasteiger charge is 2.18. The standard InChI is InChI=1S/C21H19NO8/c23-15-5-1-13(11-17(15)25)3-7-19(27)22(10-9-21(29)30)20(28)8-4-14-2-6-16(24)18(26)12-14/h1-8,11-12,23-26H,9-10H2,(H,29,30). The zero-order valence-electron chi connectivity index (χ0n) is 15.6. The molecular weight excluding hydrogens is 394 g/mol. The molecule has 0 aliphatic rings. The summed E-state index contributed by atoms with van der Waals surface area (Å²) in [6, 6.07) is 7.73. The van der Waals surface area contributed by atoms with Gasteiger partial charge in [0.25, 0.3) is 11.8 Å². The van der Waals surface area contributed by atoms with Crippen LogP contribution in [0.15, 0.2) is 48.6 Å². The van der Waals surface area contributed by atoms with Gasteiger partial charge < -0.3 is 25.5 Å². The molecule has 5 N–H and O–H groups in total. The minimum absolute atomic E-state index is 0.331.